The minimum atomic E-state index is -0.117. The van der Waals surface area contributed by atoms with Crippen LogP contribution in [0, 0.1) is 5.92 Å². The maximum Gasteiger partial charge on any atom is 0.238 e. The van der Waals surface area contributed by atoms with E-state index < -0.39 is 0 Å². The van der Waals surface area contributed by atoms with Crippen molar-refractivity contribution in [3.8, 4) is 0 Å². The standard InChI is InChI=1S/C18H23Cl2N3O2/c19-14-4-3-5-15(17(14)20)21-16(24)12-22-10-6-13(7-11-22)18(25)23-8-1-2-9-23/h3-5,13H,1-2,6-12H2,(H,21,24). The van der Waals surface area contributed by atoms with Gasteiger partial charge in [-0.1, -0.05) is 29.3 Å². The molecule has 0 atom stereocenters. The molecule has 1 aromatic rings. The minimum Gasteiger partial charge on any atom is -0.342 e. The Kier molecular flexibility index (Phi) is 6.20. The fraction of sp³-hybridized carbons (Fsp3) is 0.556. The van der Waals surface area contributed by atoms with Gasteiger partial charge in [0.25, 0.3) is 0 Å². The van der Waals surface area contributed by atoms with E-state index in [2.05, 4.69) is 10.2 Å². The molecule has 0 spiro atoms. The van der Waals surface area contributed by atoms with Crippen molar-refractivity contribution < 1.29 is 9.59 Å². The zero-order chi connectivity index (χ0) is 17.8. The highest BCUT2D eigenvalue weighted by Gasteiger charge is 2.30. The van der Waals surface area contributed by atoms with Crippen LogP contribution in [0.25, 0.3) is 0 Å². The highest BCUT2D eigenvalue weighted by Crippen LogP contribution is 2.29. The summed E-state index contributed by atoms with van der Waals surface area (Å²) in [6, 6.07) is 5.16. The summed E-state index contributed by atoms with van der Waals surface area (Å²) in [4.78, 5) is 28.8. The third-order valence-corrected chi connectivity index (χ3v) is 5.77. The SMILES string of the molecule is O=C(CN1CCC(C(=O)N2CCCC2)CC1)Nc1cccc(Cl)c1Cl. The number of rotatable bonds is 4. The Morgan fingerprint density at radius 1 is 1.08 bits per heavy atom. The molecule has 2 aliphatic heterocycles. The lowest BCUT2D eigenvalue weighted by molar-refractivity contribution is -0.136. The van der Waals surface area contributed by atoms with Crippen molar-refractivity contribution in [1.29, 1.82) is 0 Å². The molecule has 2 heterocycles. The van der Waals surface area contributed by atoms with Crippen molar-refractivity contribution in [2.24, 2.45) is 5.92 Å². The number of benzene rings is 1. The lowest BCUT2D eigenvalue weighted by Gasteiger charge is -2.32. The molecule has 7 heteroatoms. The molecule has 0 aromatic heterocycles. The number of piperidine rings is 1. The maximum atomic E-state index is 12.4. The second-order valence-corrected chi connectivity index (χ2v) is 7.52. The normalized spacial score (nSPS) is 19.2. The van der Waals surface area contributed by atoms with Gasteiger partial charge in [0.15, 0.2) is 0 Å². The lowest BCUT2D eigenvalue weighted by atomic mass is 9.95. The lowest BCUT2D eigenvalue weighted by Crippen LogP contribution is -2.43. The van der Waals surface area contributed by atoms with Gasteiger partial charge >= 0.3 is 0 Å². The Morgan fingerprint density at radius 3 is 2.44 bits per heavy atom. The molecule has 2 fully saturated rings. The molecule has 0 aliphatic carbocycles. The van der Waals surface area contributed by atoms with Gasteiger partial charge in [-0.05, 0) is 50.9 Å². The quantitative estimate of drug-likeness (QED) is 0.867. The minimum absolute atomic E-state index is 0.111. The van der Waals surface area contributed by atoms with Crippen LogP contribution in [0.3, 0.4) is 0 Å². The first kappa shape index (κ1) is 18.5. The Labute approximate surface area is 158 Å². The van der Waals surface area contributed by atoms with Crippen molar-refractivity contribution in [3.05, 3.63) is 28.2 Å². The fourth-order valence-corrected chi connectivity index (χ4v) is 3.87. The molecule has 0 unspecified atom stereocenters. The average molecular weight is 384 g/mol. The van der Waals surface area contributed by atoms with E-state index in [0.717, 1.165) is 51.9 Å². The average Bonchev–Trinajstić information content (AvgIpc) is 3.13. The molecule has 2 amide bonds. The molecule has 2 saturated heterocycles. The highest BCUT2D eigenvalue weighted by molar-refractivity contribution is 6.44. The van der Waals surface area contributed by atoms with E-state index >= 15 is 0 Å². The monoisotopic (exact) mass is 383 g/mol. The molecule has 3 rings (SSSR count). The van der Waals surface area contributed by atoms with Crippen molar-refractivity contribution >= 4 is 40.7 Å². The highest BCUT2D eigenvalue weighted by atomic mass is 35.5. The number of hydrogen-bond donors (Lipinski definition) is 1. The number of likely N-dealkylation sites (tertiary alicyclic amines) is 2. The third kappa shape index (κ3) is 4.66. The van der Waals surface area contributed by atoms with Gasteiger partial charge in [0.1, 0.15) is 0 Å². The summed E-state index contributed by atoms with van der Waals surface area (Å²) in [5.41, 5.74) is 0.526. The number of amides is 2. The smallest absolute Gasteiger partial charge is 0.238 e. The van der Waals surface area contributed by atoms with Gasteiger partial charge in [0, 0.05) is 19.0 Å². The zero-order valence-corrected chi connectivity index (χ0v) is 15.7. The number of nitrogens with zero attached hydrogens (tertiary/aromatic N) is 2. The first-order valence-electron chi connectivity index (χ1n) is 8.79. The van der Waals surface area contributed by atoms with Gasteiger partial charge in [0.05, 0.1) is 22.3 Å². The van der Waals surface area contributed by atoms with Crippen LogP contribution in [0.15, 0.2) is 18.2 Å². The zero-order valence-electron chi connectivity index (χ0n) is 14.1. The van der Waals surface area contributed by atoms with E-state index in [0.29, 0.717) is 28.2 Å². The van der Waals surface area contributed by atoms with E-state index in [4.69, 9.17) is 23.2 Å². The van der Waals surface area contributed by atoms with Gasteiger partial charge in [0.2, 0.25) is 11.8 Å². The second kappa shape index (κ2) is 8.39. The number of halogens is 2. The molecule has 1 N–H and O–H groups in total. The van der Waals surface area contributed by atoms with Crippen LogP contribution in [0.4, 0.5) is 5.69 Å². The van der Waals surface area contributed by atoms with Gasteiger partial charge in [-0.15, -0.1) is 0 Å². The summed E-state index contributed by atoms with van der Waals surface area (Å²) in [7, 11) is 0. The van der Waals surface area contributed by atoms with Gasteiger partial charge in [-0.2, -0.15) is 0 Å². The molecular weight excluding hydrogens is 361 g/mol. The molecule has 5 nitrogen and oxygen atoms in total. The largest absolute Gasteiger partial charge is 0.342 e. The predicted octanol–water partition coefficient (Wildman–Crippen LogP) is 3.27. The Hall–Kier alpha value is -1.30. The van der Waals surface area contributed by atoms with Gasteiger partial charge < -0.3 is 10.2 Å². The van der Waals surface area contributed by atoms with E-state index in [9.17, 15) is 9.59 Å². The molecular formula is C18H23Cl2N3O2. The number of hydrogen-bond acceptors (Lipinski definition) is 3. The van der Waals surface area contributed by atoms with E-state index in [1.165, 1.54) is 0 Å². The molecule has 25 heavy (non-hydrogen) atoms. The third-order valence-electron chi connectivity index (χ3n) is 4.95. The molecule has 0 radical (unpaired) electrons. The van der Waals surface area contributed by atoms with Crippen molar-refractivity contribution in [3.63, 3.8) is 0 Å². The molecule has 2 aliphatic rings. The van der Waals surface area contributed by atoms with Crippen LogP contribution in [0.1, 0.15) is 25.7 Å². The van der Waals surface area contributed by atoms with E-state index in [1.54, 1.807) is 18.2 Å². The first-order valence-corrected chi connectivity index (χ1v) is 9.55. The van der Waals surface area contributed by atoms with Crippen LogP contribution < -0.4 is 5.32 Å². The van der Waals surface area contributed by atoms with Crippen LogP contribution in [-0.4, -0.2) is 54.3 Å². The van der Waals surface area contributed by atoms with Crippen LogP contribution >= 0.6 is 23.2 Å². The first-order chi connectivity index (χ1) is 12.0. The van der Waals surface area contributed by atoms with E-state index in [1.807, 2.05) is 4.90 Å². The van der Waals surface area contributed by atoms with Crippen molar-refractivity contribution in [2.45, 2.75) is 25.7 Å². The molecule has 1 aromatic carbocycles. The van der Waals surface area contributed by atoms with Crippen molar-refractivity contribution in [2.75, 3.05) is 38.0 Å². The van der Waals surface area contributed by atoms with Gasteiger partial charge in [-0.3, -0.25) is 14.5 Å². The Morgan fingerprint density at radius 2 is 1.76 bits per heavy atom. The van der Waals surface area contributed by atoms with Gasteiger partial charge in [-0.25, -0.2) is 0 Å². The summed E-state index contributed by atoms with van der Waals surface area (Å²) < 4.78 is 0. The summed E-state index contributed by atoms with van der Waals surface area (Å²) in [6.45, 7) is 3.64. The van der Waals surface area contributed by atoms with Crippen molar-refractivity contribution in [1.82, 2.24) is 9.80 Å². The second-order valence-electron chi connectivity index (χ2n) is 6.73. The fourth-order valence-electron chi connectivity index (χ4n) is 3.53. The molecule has 136 valence electrons. The topological polar surface area (TPSA) is 52.7 Å². The summed E-state index contributed by atoms with van der Waals surface area (Å²) in [5.74, 6) is 0.292. The Balaban J connectivity index is 1.46. The molecule has 0 bridgehead atoms. The van der Waals surface area contributed by atoms with E-state index in [-0.39, 0.29) is 11.8 Å². The van der Waals surface area contributed by atoms with Crippen LogP contribution in [0.5, 0.6) is 0 Å². The summed E-state index contributed by atoms with van der Waals surface area (Å²) in [5, 5.41) is 3.58. The van der Waals surface area contributed by atoms with Crippen LogP contribution in [0.2, 0.25) is 10.0 Å². The van der Waals surface area contributed by atoms with Crippen LogP contribution in [-0.2, 0) is 9.59 Å². The predicted molar refractivity (Wildman–Crippen MR) is 100 cm³/mol. The number of carbonyl (C=O) groups excluding carboxylic acids is 2. The Bertz CT molecular complexity index is 639. The maximum absolute atomic E-state index is 12.4. The summed E-state index contributed by atoms with van der Waals surface area (Å²) >= 11 is 12.1. The summed E-state index contributed by atoms with van der Waals surface area (Å²) in [6.07, 6.45) is 3.88. The number of anilines is 1. The number of nitrogens with one attached hydrogen (secondary N) is 1. The molecule has 0 saturated carbocycles. The number of carbonyl (C=O) groups is 2.